The van der Waals surface area contributed by atoms with E-state index in [0.29, 0.717) is 12.3 Å². The van der Waals surface area contributed by atoms with Crippen LogP contribution in [0.4, 0.5) is 11.4 Å². The quantitative estimate of drug-likeness (QED) is 0.613. The second-order valence-electron chi connectivity index (χ2n) is 6.78. The zero-order valence-corrected chi connectivity index (χ0v) is 17.4. The van der Waals surface area contributed by atoms with Gasteiger partial charge in [0, 0.05) is 17.0 Å². The van der Waals surface area contributed by atoms with Gasteiger partial charge < -0.3 is 19.4 Å². The minimum absolute atomic E-state index is 0.0610. The first-order valence-corrected chi connectivity index (χ1v) is 10.6. The van der Waals surface area contributed by atoms with Crippen molar-refractivity contribution in [3.63, 3.8) is 0 Å². The predicted octanol–water partition coefficient (Wildman–Crippen LogP) is 4.89. The molecular weight excluding hydrogens is 400 g/mol. The minimum Gasteiger partial charge on any atom is -0.494 e. The van der Waals surface area contributed by atoms with Crippen molar-refractivity contribution in [3.05, 3.63) is 72.7 Å². The van der Waals surface area contributed by atoms with Crippen LogP contribution in [0, 0.1) is 0 Å². The summed E-state index contributed by atoms with van der Waals surface area (Å²) in [4.78, 5) is 28.3. The van der Waals surface area contributed by atoms with Gasteiger partial charge in [-0.15, -0.1) is 11.8 Å². The van der Waals surface area contributed by atoms with Gasteiger partial charge in [0.1, 0.15) is 18.1 Å². The maximum Gasteiger partial charge on any atom is 0.244 e. The molecule has 1 aromatic heterocycles. The highest BCUT2D eigenvalue weighted by molar-refractivity contribution is 7.99. The first kappa shape index (κ1) is 20.1. The van der Waals surface area contributed by atoms with Crippen LogP contribution < -0.4 is 15.0 Å². The molecule has 0 unspecified atom stereocenters. The highest BCUT2D eigenvalue weighted by Gasteiger charge is 2.31. The highest BCUT2D eigenvalue weighted by Crippen LogP contribution is 2.45. The molecule has 1 atom stereocenters. The summed E-state index contributed by atoms with van der Waals surface area (Å²) in [5.74, 6) is 1.12. The molecule has 2 heterocycles. The Hall–Kier alpha value is -3.19. The summed E-state index contributed by atoms with van der Waals surface area (Å²) in [5.41, 5.74) is 1.39. The van der Waals surface area contributed by atoms with Crippen LogP contribution in [0.1, 0.15) is 24.4 Å². The molecule has 0 bridgehead atoms. The van der Waals surface area contributed by atoms with Crippen LogP contribution >= 0.6 is 11.8 Å². The molecule has 2 aromatic carbocycles. The van der Waals surface area contributed by atoms with Crippen molar-refractivity contribution in [2.45, 2.75) is 23.5 Å². The summed E-state index contributed by atoms with van der Waals surface area (Å²) < 4.78 is 11.0. The second kappa shape index (κ2) is 9.09. The lowest BCUT2D eigenvalue weighted by atomic mass is 10.2. The molecule has 1 aliphatic rings. The van der Waals surface area contributed by atoms with E-state index in [-0.39, 0.29) is 30.0 Å². The lowest BCUT2D eigenvalue weighted by Crippen LogP contribution is -2.38. The third-order valence-corrected chi connectivity index (χ3v) is 5.98. The van der Waals surface area contributed by atoms with Crippen molar-refractivity contribution >= 4 is 35.0 Å². The number of nitrogens with one attached hydrogen (secondary N) is 1. The van der Waals surface area contributed by atoms with Gasteiger partial charge >= 0.3 is 0 Å². The SMILES string of the molecule is CCOc1ccc(NC(=O)CN2C(=O)C[C@@H](c3ccco3)Sc3ccccc32)cc1. The third kappa shape index (κ3) is 4.52. The molecule has 0 aliphatic carbocycles. The van der Waals surface area contributed by atoms with Gasteiger partial charge in [0.05, 0.1) is 23.8 Å². The smallest absolute Gasteiger partial charge is 0.244 e. The summed E-state index contributed by atoms with van der Waals surface area (Å²) in [6.07, 6.45) is 1.86. The van der Waals surface area contributed by atoms with Gasteiger partial charge in [-0.25, -0.2) is 0 Å². The first-order valence-electron chi connectivity index (χ1n) is 9.76. The number of furan rings is 1. The Morgan fingerprint density at radius 2 is 1.97 bits per heavy atom. The Morgan fingerprint density at radius 1 is 1.17 bits per heavy atom. The molecule has 1 N–H and O–H groups in total. The van der Waals surface area contributed by atoms with Crippen molar-refractivity contribution in [3.8, 4) is 5.75 Å². The Balaban J connectivity index is 1.51. The molecule has 2 amide bonds. The van der Waals surface area contributed by atoms with Gasteiger partial charge in [0.2, 0.25) is 11.8 Å². The van der Waals surface area contributed by atoms with Gasteiger partial charge in [-0.2, -0.15) is 0 Å². The number of hydrogen-bond donors (Lipinski definition) is 1. The lowest BCUT2D eigenvalue weighted by molar-refractivity contribution is -0.121. The van der Waals surface area contributed by atoms with E-state index in [1.54, 1.807) is 47.2 Å². The van der Waals surface area contributed by atoms with Crippen molar-refractivity contribution in [2.24, 2.45) is 0 Å². The zero-order chi connectivity index (χ0) is 20.9. The van der Waals surface area contributed by atoms with Crippen molar-refractivity contribution < 1.29 is 18.7 Å². The van der Waals surface area contributed by atoms with Crippen molar-refractivity contribution in [1.29, 1.82) is 0 Å². The van der Waals surface area contributed by atoms with E-state index >= 15 is 0 Å². The maximum absolute atomic E-state index is 13.1. The largest absolute Gasteiger partial charge is 0.494 e. The molecule has 4 rings (SSSR count). The van der Waals surface area contributed by atoms with Crippen LogP contribution in [-0.2, 0) is 9.59 Å². The van der Waals surface area contributed by atoms with Crippen molar-refractivity contribution in [1.82, 2.24) is 0 Å². The van der Waals surface area contributed by atoms with Gasteiger partial charge in [0.15, 0.2) is 0 Å². The Morgan fingerprint density at radius 3 is 2.70 bits per heavy atom. The molecule has 0 saturated carbocycles. The van der Waals surface area contributed by atoms with Crippen LogP contribution in [0.15, 0.2) is 76.2 Å². The average molecular weight is 423 g/mol. The number of fused-ring (bicyclic) bond motifs is 1. The molecule has 7 heteroatoms. The minimum atomic E-state index is -0.260. The highest BCUT2D eigenvalue weighted by atomic mass is 32.2. The lowest BCUT2D eigenvalue weighted by Gasteiger charge is -2.22. The van der Waals surface area contributed by atoms with E-state index in [4.69, 9.17) is 9.15 Å². The number of para-hydroxylation sites is 1. The normalized spacial score (nSPS) is 16.0. The van der Waals surface area contributed by atoms with E-state index < -0.39 is 0 Å². The summed E-state index contributed by atoms with van der Waals surface area (Å²) >= 11 is 1.58. The molecule has 0 saturated heterocycles. The molecule has 154 valence electrons. The number of carbonyl (C=O) groups excluding carboxylic acids is 2. The number of rotatable bonds is 6. The fourth-order valence-electron chi connectivity index (χ4n) is 3.33. The number of nitrogens with zero attached hydrogens (tertiary/aromatic N) is 1. The number of hydrogen-bond acceptors (Lipinski definition) is 5. The van der Waals surface area contributed by atoms with E-state index in [1.807, 2.05) is 43.3 Å². The van der Waals surface area contributed by atoms with Crippen molar-refractivity contribution in [2.75, 3.05) is 23.4 Å². The number of anilines is 2. The van der Waals surface area contributed by atoms with E-state index in [1.165, 1.54) is 0 Å². The zero-order valence-electron chi connectivity index (χ0n) is 16.5. The fraction of sp³-hybridized carbons (Fsp3) is 0.217. The molecule has 0 spiro atoms. The molecule has 6 nitrogen and oxygen atoms in total. The predicted molar refractivity (Wildman–Crippen MR) is 117 cm³/mol. The van der Waals surface area contributed by atoms with Crippen LogP contribution in [0.2, 0.25) is 0 Å². The molecule has 0 radical (unpaired) electrons. The van der Waals surface area contributed by atoms with Gasteiger partial charge in [-0.05, 0) is 55.5 Å². The van der Waals surface area contributed by atoms with Crippen LogP contribution in [0.3, 0.4) is 0 Å². The second-order valence-corrected chi connectivity index (χ2v) is 8.02. The van der Waals surface area contributed by atoms with Gasteiger partial charge in [0.25, 0.3) is 0 Å². The summed E-state index contributed by atoms with van der Waals surface area (Å²) in [6, 6.07) is 18.5. The monoisotopic (exact) mass is 422 g/mol. The average Bonchev–Trinajstić information content (AvgIpc) is 3.24. The summed E-state index contributed by atoms with van der Waals surface area (Å²) in [5, 5.41) is 2.72. The number of thioether (sulfide) groups is 1. The maximum atomic E-state index is 13.1. The fourth-order valence-corrected chi connectivity index (χ4v) is 4.57. The van der Waals surface area contributed by atoms with E-state index in [2.05, 4.69) is 5.32 Å². The van der Waals surface area contributed by atoms with E-state index in [9.17, 15) is 9.59 Å². The summed E-state index contributed by atoms with van der Waals surface area (Å²) in [6.45, 7) is 2.44. The first-order chi connectivity index (χ1) is 14.6. The Kier molecular flexibility index (Phi) is 6.09. The Labute approximate surface area is 179 Å². The van der Waals surface area contributed by atoms with Crippen LogP contribution in [0.5, 0.6) is 5.75 Å². The molecule has 30 heavy (non-hydrogen) atoms. The van der Waals surface area contributed by atoms with E-state index in [0.717, 1.165) is 22.1 Å². The van der Waals surface area contributed by atoms with Gasteiger partial charge in [-0.1, -0.05) is 12.1 Å². The van der Waals surface area contributed by atoms with Crippen LogP contribution in [-0.4, -0.2) is 25.0 Å². The standard InChI is InChI=1S/C23H22N2O4S/c1-2-28-17-11-9-16(10-12-17)24-22(26)15-25-18-6-3-4-8-20(18)30-21(14-23(25)27)19-7-5-13-29-19/h3-13,21H,2,14-15H2,1H3,(H,24,26)/t21-/m0/s1. The topological polar surface area (TPSA) is 71.8 Å². The number of benzene rings is 2. The molecule has 3 aromatic rings. The summed E-state index contributed by atoms with van der Waals surface area (Å²) in [7, 11) is 0. The Bertz CT molecular complexity index is 1020. The third-order valence-electron chi connectivity index (χ3n) is 4.70. The molecule has 0 fully saturated rings. The number of amides is 2. The number of carbonyl (C=O) groups is 2. The number of ether oxygens (including phenoxy) is 1. The molecular formula is C23H22N2O4S. The molecule has 1 aliphatic heterocycles. The van der Waals surface area contributed by atoms with Crippen LogP contribution in [0.25, 0.3) is 0 Å². The van der Waals surface area contributed by atoms with Gasteiger partial charge in [-0.3, -0.25) is 9.59 Å².